The minimum absolute atomic E-state index is 0.0918. The molecule has 1 aromatic rings. The zero-order chi connectivity index (χ0) is 11.5. The maximum atomic E-state index is 11.6. The minimum Gasteiger partial charge on any atom is -0.497 e. The minimum atomic E-state index is -3.61. The van der Waals surface area contributed by atoms with Gasteiger partial charge in [0.1, 0.15) is 10.1 Å². The topological polar surface area (TPSA) is 55.4 Å². The molecule has 0 spiro atoms. The van der Waals surface area contributed by atoms with E-state index in [4.69, 9.17) is 4.74 Å². The number of rotatable bonds is 3. The van der Waals surface area contributed by atoms with Crippen LogP contribution in [0.3, 0.4) is 0 Å². The van der Waals surface area contributed by atoms with Gasteiger partial charge in [-0.3, -0.25) is 4.72 Å². The maximum absolute atomic E-state index is 11.6. The number of methoxy groups -OCH3 is 1. The molecule has 82 valence electrons. The van der Waals surface area contributed by atoms with Gasteiger partial charge in [0.2, 0.25) is 0 Å². The lowest BCUT2D eigenvalue weighted by molar-refractivity contribution is 0.414. The van der Waals surface area contributed by atoms with Crippen molar-refractivity contribution in [3.8, 4) is 5.75 Å². The summed E-state index contributed by atoms with van der Waals surface area (Å²) in [6.07, 6.45) is 0. The van der Waals surface area contributed by atoms with Crippen molar-refractivity contribution >= 4 is 39.2 Å². The van der Waals surface area contributed by atoms with Crippen LogP contribution in [0, 0.1) is 0 Å². The van der Waals surface area contributed by atoms with E-state index in [1.54, 1.807) is 12.1 Å². The van der Waals surface area contributed by atoms with Gasteiger partial charge >= 0.3 is 0 Å². The molecule has 4 nitrogen and oxygen atoms in total. The summed E-state index contributed by atoms with van der Waals surface area (Å²) in [5.41, 5.74) is 0. The molecule has 0 aromatic heterocycles. The molecule has 0 aliphatic carbocycles. The Morgan fingerprint density at radius 2 is 1.93 bits per heavy atom. The van der Waals surface area contributed by atoms with Crippen LogP contribution in [0.2, 0.25) is 0 Å². The van der Waals surface area contributed by atoms with E-state index in [1.807, 2.05) is 0 Å². The van der Waals surface area contributed by atoms with Gasteiger partial charge in [0.05, 0.1) is 12.0 Å². The second-order valence-electron chi connectivity index (χ2n) is 2.59. The number of benzene rings is 1. The SMILES string of the molecule is COc1ccc(S(=O)(=O)NC(=S)S)cc1. The van der Waals surface area contributed by atoms with Gasteiger partial charge in [-0.1, -0.05) is 12.2 Å². The fraction of sp³-hybridized carbons (Fsp3) is 0.125. The second kappa shape index (κ2) is 4.82. The van der Waals surface area contributed by atoms with Crippen molar-refractivity contribution in [2.24, 2.45) is 0 Å². The molecule has 0 heterocycles. The van der Waals surface area contributed by atoms with Gasteiger partial charge < -0.3 is 4.74 Å². The van der Waals surface area contributed by atoms with Crippen LogP contribution in [0.5, 0.6) is 5.75 Å². The van der Waals surface area contributed by atoms with Crippen molar-refractivity contribution in [2.45, 2.75) is 4.90 Å². The molecule has 0 fully saturated rings. The van der Waals surface area contributed by atoms with Crippen molar-refractivity contribution in [1.82, 2.24) is 4.72 Å². The average Bonchev–Trinajstić information content (AvgIpc) is 2.16. The Labute approximate surface area is 99.1 Å². The monoisotopic (exact) mass is 263 g/mol. The molecule has 1 rings (SSSR count). The summed E-state index contributed by atoms with van der Waals surface area (Å²) in [7, 11) is -2.10. The Morgan fingerprint density at radius 1 is 1.40 bits per heavy atom. The lowest BCUT2D eigenvalue weighted by Crippen LogP contribution is -2.25. The van der Waals surface area contributed by atoms with Crippen molar-refractivity contribution in [3.63, 3.8) is 0 Å². The van der Waals surface area contributed by atoms with Crippen molar-refractivity contribution < 1.29 is 13.2 Å². The van der Waals surface area contributed by atoms with E-state index in [9.17, 15) is 8.42 Å². The molecule has 1 aromatic carbocycles. The number of hydrogen-bond donors (Lipinski definition) is 2. The van der Waals surface area contributed by atoms with Crippen LogP contribution in [0.15, 0.2) is 29.2 Å². The highest BCUT2D eigenvalue weighted by Gasteiger charge is 2.13. The molecule has 0 radical (unpaired) electrons. The summed E-state index contributed by atoms with van der Waals surface area (Å²) in [4.78, 5) is 0.111. The summed E-state index contributed by atoms with van der Waals surface area (Å²) < 4.78 is 30.0. The van der Waals surface area contributed by atoms with E-state index in [-0.39, 0.29) is 9.22 Å². The van der Waals surface area contributed by atoms with Crippen molar-refractivity contribution in [3.05, 3.63) is 24.3 Å². The molecule has 0 saturated carbocycles. The molecule has 0 saturated heterocycles. The summed E-state index contributed by atoms with van der Waals surface area (Å²) in [6, 6.07) is 5.95. The van der Waals surface area contributed by atoms with Crippen LogP contribution >= 0.6 is 24.8 Å². The first-order valence-electron chi connectivity index (χ1n) is 3.85. The normalized spacial score (nSPS) is 10.8. The van der Waals surface area contributed by atoms with E-state index in [2.05, 4.69) is 29.6 Å². The molecule has 15 heavy (non-hydrogen) atoms. The highest BCUT2D eigenvalue weighted by molar-refractivity contribution is 8.12. The number of thiol groups is 1. The lowest BCUT2D eigenvalue weighted by atomic mass is 10.3. The summed E-state index contributed by atoms with van der Waals surface area (Å²) >= 11 is 8.24. The first kappa shape index (κ1) is 12.3. The Balaban J connectivity index is 3.01. The Morgan fingerprint density at radius 3 is 2.33 bits per heavy atom. The largest absolute Gasteiger partial charge is 0.497 e. The molecule has 0 bridgehead atoms. The number of sulfonamides is 1. The van der Waals surface area contributed by atoms with Gasteiger partial charge in [-0.05, 0) is 24.3 Å². The quantitative estimate of drug-likeness (QED) is 0.635. The predicted octanol–water partition coefficient (Wildman–Crippen LogP) is 1.19. The lowest BCUT2D eigenvalue weighted by Gasteiger charge is -2.06. The molecule has 0 aliphatic heterocycles. The van der Waals surface area contributed by atoms with Crippen LogP contribution in [0.4, 0.5) is 0 Å². The van der Waals surface area contributed by atoms with Crippen LogP contribution < -0.4 is 9.46 Å². The third-order valence-electron chi connectivity index (χ3n) is 1.59. The molecule has 0 atom stereocenters. The van der Waals surface area contributed by atoms with Crippen molar-refractivity contribution in [2.75, 3.05) is 7.11 Å². The number of thiocarbonyl (C=S) groups is 1. The number of nitrogens with one attached hydrogen (secondary N) is 1. The average molecular weight is 263 g/mol. The smallest absolute Gasteiger partial charge is 0.262 e. The highest BCUT2D eigenvalue weighted by Crippen LogP contribution is 2.15. The van der Waals surface area contributed by atoms with E-state index in [0.29, 0.717) is 5.75 Å². The third-order valence-corrected chi connectivity index (χ3v) is 3.45. The van der Waals surface area contributed by atoms with E-state index in [1.165, 1.54) is 19.2 Å². The molecule has 0 amide bonds. The van der Waals surface area contributed by atoms with Gasteiger partial charge in [-0.2, -0.15) is 0 Å². The molecule has 7 heteroatoms. The van der Waals surface area contributed by atoms with E-state index >= 15 is 0 Å². The standard InChI is InChI=1S/C8H9NO3S3/c1-12-6-2-4-7(5-3-6)15(10,11)9-8(13)14/h2-5H,1H3,(H2,9,13,14). The molecular formula is C8H9NO3S3. The van der Waals surface area contributed by atoms with Crippen LogP contribution in [0.1, 0.15) is 0 Å². The van der Waals surface area contributed by atoms with Crippen LogP contribution in [-0.2, 0) is 10.0 Å². The molecule has 0 unspecified atom stereocenters. The summed E-state index contributed by atoms with van der Waals surface area (Å²) in [6.45, 7) is 0. The third kappa shape index (κ3) is 3.37. The van der Waals surface area contributed by atoms with E-state index in [0.717, 1.165) is 0 Å². The first-order valence-corrected chi connectivity index (χ1v) is 6.19. The predicted molar refractivity (Wildman–Crippen MR) is 64.9 cm³/mol. The van der Waals surface area contributed by atoms with Gasteiger partial charge in [-0.25, -0.2) is 8.42 Å². The number of hydrogen-bond acceptors (Lipinski definition) is 4. The maximum Gasteiger partial charge on any atom is 0.262 e. The fourth-order valence-corrected chi connectivity index (χ4v) is 2.46. The first-order chi connectivity index (χ1) is 6.95. The zero-order valence-corrected chi connectivity index (χ0v) is 10.3. The molecular weight excluding hydrogens is 254 g/mol. The Bertz CT molecular complexity index is 453. The van der Waals surface area contributed by atoms with Gasteiger partial charge in [0.15, 0.2) is 0 Å². The Kier molecular flexibility index (Phi) is 3.95. The molecule has 0 aliphatic rings. The van der Waals surface area contributed by atoms with Gasteiger partial charge in [0, 0.05) is 0 Å². The fourth-order valence-electron chi connectivity index (χ4n) is 0.929. The number of ether oxygens (including phenoxy) is 1. The summed E-state index contributed by atoms with van der Waals surface area (Å²) in [5, 5.41) is 0. The van der Waals surface area contributed by atoms with Crippen molar-refractivity contribution in [1.29, 1.82) is 0 Å². The second-order valence-corrected chi connectivity index (χ2v) is 5.43. The Hall–Kier alpha value is -0.790. The van der Waals surface area contributed by atoms with Gasteiger partial charge in [0.25, 0.3) is 10.0 Å². The highest BCUT2D eigenvalue weighted by atomic mass is 32.2. The molecule has 1 N–H and O–H groups in total. The van der Waals surface area contributed by atoms with Crippen LogP contribution in [0.25, 0.3) is 0 Å². The van der Waals surface area contributed by atoms with Crippen LogP contribution in [-0.4, -0.2) is 19.8 Å². The zero-order valence-electron chi connectivity index (χ0n) is 7.80. The van der Waals surface area contributed by atoms with Gasteiger partial charge in [-0.15, -0.1) is 12.6 Å². The van der Waals surface area contributed by atoms with E-state index < -0.39 is 10.0 Å². The summed E-state index contributed by atoms with van der Waals surface area (Å²) in [5.74, 6) is 0.586.